The van der Waals surface area contributed by atoms with Crippen LogP contribution in [0.1, 0.15) is 82.6 Å². The van der Waals surface area contributed by atoms with E-state index in [2.05, 4.69) is 43.8 Å². The highest BCUT2D eigenvalue weighted by Crippen LogP contribution is 2.29. The number of nitrogens with zero attached hydrogens (tertiary/aromatic N) is 6. The van der Waals surface area contributed by atoms with E-state index >= 15 is 0 Å². The largest absolute Gasteiger partial charge is 0.494 e. The van der Waals surface area contributed by atoms with E-state index in [1.54, 1.807) is 0 Å². The third kappa shape index (κ3) is 19.1. The average molecular weight is 801 g/mol. The van der Waals surface area contributed by atoms with Crippen molar-refractivity contribution >= 4 is 46.1 Å². The lowest BCUT2D eigenvalue weighted by Gasteiger charge is -2.06. The first-order valence-corrected chi connectivity index (χ1v) is 20.4. The maximum atomic E-state index is 11.0. The average Bonchev–Trinajstić information content (AvgIpc) is 3.26. The van der Waals surface area contributed by atoms with Crippen LogP contribution in [0.5, 0.6) is 11.5 Å². The van der Waals surface area contributed by atoms with Gasteiger partial charge in [0.05, 0.1) is 60.6 Å². The number of azo groups is 3. The second-order valence-corrected chi connectivity index (χ2v) is 13.8. The Morgan fingerprint density at radius 1 is 0.441 bits per heavy atom. The fraction of sp³-hybridized carbons (Fsp3) is 0.362. The Hall–Kier alpha value is -6.30. The summed E-state index contributed by atoms with van der Waals surface area (Å²) in [7, 11) is 0. The fourth-order valence-electron chi connectivity index (χ4n) is 5.63. The molecule has 12 nitrogen and oxygen atoms in total. The number of esters is 2. The summed E-state index contributed by atoms with van der Waals surface area (Å²) in [6.07, 6.45) is 14.9. The second kappa shape index (κ2) is 27.4. The molecule has 0 spiro atoms. The molecule has 0 aliphatic carbocycles. The molecule has 0 atom stereocenters. The number of benzene rings is 4. The first kappa shape index (κ1) is 45.4. The monoisotopic (exact) mass is 800 g/mol. The molecular weight excluding hydrogens is 745 g/mol. The number of rotatable bonds is 28. The van der Waals surface area contributed by atoms with Crippen molar-refractivity contribution in [2.45, 2.75) is 84.0 Å². The number of unbranched alkanes of at least 4 members (excludes halogenated alkanes) is 10. The fourth-order valence-corrected chi connectivity index (χ4v) is 5.63. The summed E-state index contributed by atoms with van der Waals surface area (Å²) in [5.74, 6) is 0.892. The minimum atomic E-state index is -0.359. The maximum absolute atomic E-state index is 11.0. The summed E-state index contributed by atoms with van der Waals surface area (Å²) >= 11 is 0. The molecule has 0 N–H and O–H groups in total. The van der Waals surface area contributed by atoms with Crippen molar-refractivity contribution < 1.29 is 28.5 Å². The SMILES string of the molecule is C=CC(=O)OCCCCCCCCOc1ccc(N=Nc2ccc(N=Nc3ccc(N=Nc4ccc(OCCCCCCCCOC(=O)C=C)cc4)cc3C)cc2)cc1. The van der Waals surface area contributed by atoms with E-state index < -0.39 is 0 Å². The van der Waals surface area contributed by atoms with Crippen LogP contribution >= 0.6 is 0 Å². The molecule has 4 aromatic rings. The van der Waals surface area contributed by atoms with Gasteiger partial charge in [0.2, 0.25) is 0 Å². The molecule has 59 heavy (non-hydrogen) atoms. The molecule has 0 unspecified atom stereocenters. The lowest BCUT2D eigenvalue weighted by atomic mass is 10.1. The molecular formula is C47H56N6O6. The zero-order valence-corrected chi connectivity index (χ0v) is 34.2. The lowest BCUT2D eigenvalue weighted by Crippen LogP contribution is -2.01. The van der Waals surface area contributed by atoms with Crippen molar-refractivity contribution in [3.63, 3.8) is 0 Å². The Kier molecular flexibility index (Phi) is 21.1. The number of hydrogen-bond acceptors (Lipinski definition) is 12. The molecule has 0 bridgehead atoms. The first-order valence-electron chi connectivity index (χ1n) is 20.4. The Morgan fingerprint density at radius 3 is 1.15 bits per heavy atom. The van der Waals surface area contributed by atoms with Gasteiger partial charge in [0.1, 0.15) is 11.5 Å². The minimum Gasteiger partial charge on any atom is -0.494 e. The Balaban J connectivity index is 1.10. The zero-order valence-electron chi connectivity index (χ0n) is 34.2. The van der Waals surface area contributed by atoms with Crippen molar-refractivity contribution in [3.05, 3.63) is 122 Å². The molecule has 0 aliphatic heterocycles. The number of aryl methyl sites for hydroxylation is 1. The number of ether oxygens (including phenoxy) is 4. The van der Waals surface area contributed by atoms with Gasteiger partial charge in [0.25, 0.3) is 0 Å². The number of carbonyl (C=O) groups excluding carboxylic acids is 2. The van der Waals surface area contributed by atoms with Crippen LogP contribution in [0.2, 0.25) is 0 Å². The molecule has 0 saturated heterocycles. The van der Waals surface area contributed by atoms with Crippen molar-refractivity contribution in [3.8, 4) is 11.5 Å². The quantitative estimate of drug-likeness (QED) is 0.0242. The standard InChI is InChI=1S/C47H56N6O6/c1-4-46(54)58-34-16-12-8-6-10-14-32-56-43-27-22-40(23-28-43)49-48-38-18-20-39(21-19-38)51-53-45-31-26-42(36-37(45)3)52-50-41-24-29-44(30-25-41)57-33-15-11-7-9-13-17-35-59-47(55)5-2/h4-5,18-31,36H,1-2,6-17,32-35H2,3H3. The molecule has 0 heterocycles. The van der Waals surface area contributed by atoms with Crippen LogP contribution in [0.15, 0.2) is 147 Å². The maximum Gasteiger partial charge on any atom is 0.330 e. The molecule has 0 saturated carbocycles. The van der Waals surface area contributed by atoms with E-state index in [4.69, 9.17) is 18.9 Å². The van der Waals surface area contributed by atoms with Gasteiger partial charge in [-0.3, -0.25) is 0 Å². The van der Waals surface area contributed by atoms with Gasteiger partial charge < -0.3 is 18.9 Å². The van der Waals surface area contributed by atoms with Crippen molar-refractivity contribution in [2.75, 3.05) is 26.4 Å². The molecule has 310 valence electrons. The summed E-state index contributed by atoms with van der Waals surface area (Å²) in [4.78, 5) is 22.1. The summed E-state index contributed by atoms with van der Waals surface area (Å²) in [6, 6.07) is 28.2. The molecule has 4 rings (SSSR count). The molecule has 0 aliphatic rings. The number of carbonyl (C=O) groups is 2. The van der Waals surface area contributed by atoms with Crippen LogP contribution in [0.3, 0.4) is 0 Å². The van der Waals surface area contributed by atoms with Gasteiger partial charge in [-0.25, -0.2) is 9.59 Å². The van der Waals surface area contributed by atoms with Crippen LogP contribution in [0, 0.1) is 6.92 Å². The van der Waals surface area contributed by atoms with E-state index in [1.807, 2.05) is 97.9 Å². The second-order valence-electron chi connectivity index (χ2n) is 13.8. The minimum absolute atomic E-state index is 0.359. The predicted molar refractivity (Wildman–Crippen MR) is 232 cm³/mol. The Bertz CT molecular complexity index is 1960. The highest BCUT2D eigenvalue weighted by atomic mass is 16.5. The van der Waals surface area contributed by atoms with Crippen LogP contribution in [0.4, 0.5) is 34.1 Å². The third-order valence-electron chi connectivity index (χ3n) is 8.98. The summed E-state index contributed by atoms with van der Waals surface area (Å²) in [6.45, 7) is 11.0. The predicted octanol–water partition coefficient (Wildman–Crippen LogP) is 14.1. The van der Waals surface area contributed by atoms with Gasteiger partial charge in [-0.15, -0.1) is 0 Å². The molecule has 0 radical (unpaired) electrons. The van der Waals surface area contributed by atoms with E-state index in [0.717, 1.165) is 117 Å². The molecule has 12 heteroatoms. The van der Waals surface area contributed by atoms with Gasteiger partial charge in [0.15, 0.2) is 0 Å². The summed E-state index contributed by atoms with van der Waals surface area (Å²) in [5.41, 5.74) is 5.26. The molecule has 0 fully saturated rings. The van der Waals surface area contributed by atoms with Gasteiger partial charge in [-0.2, -0.15) is 30.7 Å². The van der Waals surface area contributed by atoms with Crippen LogP contribution in [0.25, 0.3) is 0 Å². The van der Waals surface area contributed by atoms with E-state index in [-0.39, 0.29) is 11.9 Å². The van der Waals surface area contributed by atoms with Crippen LogP contribution < -0.4 is 9.47 Å². The first-order chi connectivity index (χ1) is 28.9. The topological polar surface area (TPSA) is 145 Å². The van der Waals surface area contributed by atoms with E-state index in [9.17, 15) is 9.59 Å². The highest BCUT2D eigenvalue weighted by molar-refractivity contribution is 5.81. The zero-order chi connectivity index (χ0) is 41.8. The Labute approximate surface area is 348 Å². The Morgan fingerprint density at radius 2 is 0.763 bits per heavy atom. The van der Waals surface area contributed by atoms with E-state index in [1.165, 1.54) is 12.2 Å². The van der Waals surface area contributed by atoms with Gasteiger partial charge in [-0.05, 0) is 129 Å². The van der Waals surface area contributed by atoms with Crippen molar-refractivity contribution in [1.82, 2.24) is 0 Å². The van der Waals surface area contributed by atoms with Gasteiger partial charge in [-0.1, -0.05) is 64.5 Å². The van der Waals surface area contributed by atoms with Gasteiger partial charge >= 0.3 is 11.9 Å². The van der Waals surface area contributed by atoms with Gasteiger partial charge in [0, 0.05) is 12.2 Å². The van der Waals surface area contributed by atoms with Crippen LogP contribution in [-0.2, 0) is 19.1 Å². The third-order valence-corrected chi connectivity index (χ3v) is 8.98. The molecule has 0 amide bonds. The van der Waals surface area contributed by atoms with E-state index in [0.29, 0.717) is 37.8 Å². The normalized spacial score (nSPS) is 11.3. The lowest BCUT2D eigenvalue weighted by molar-refractivity contribution is -0.138. The van der Waals surface area contributed by atoms with Crippen molar-refractivity contribution in [2.24, 2.45) is 30.7 Å². The summed E-state index contributed by atoms with van der Waals surface area (Å²) < 4.78 is 21.7. The van der Waals surface area contributed by atoms with Crippen molar-refractivity contribution in [1.29, 1.82) is 0 Å². The highest BCUT2D eigenvalue weighted by Gasteiger charge is 2.03. The smallest absolute Gasteiger partial charge is 0.330 e. The number of hydrogen-bond donors (Lipinski definition) is 0. The van der Waals surface area contributed by atoms with Crippen LogP contribution in [-0.4, -0.2) is 38.4 Å². The molecule has 4 aromatic carbocycles. The summed E-state index contributed by atoms with van der Waals surface area (Å²) in [5, 5.41) is 26.3. The molecule has 0 aromatic heterocycles.